The summed E-state index contributed by atoms with van der Waals surface area (Å²) in [6, 6.07) is 15.6. The number of anilines is 1. The van der Waals surface area contributed by atoms with Gasteiger partial charge in [0, 0.05) is 34.5 Å². The van der Waals surface area contributed by atoms with Gasteiger partial charge in [-0.3, -0.25) is 9.55 Å². The number of fused-ring (bicyclic) bond motifs is 1. The van der Waals surface area contributed by atoms with Crippen LogP contribution in [0, 0.1) is 0 Å². The summed E-state index contributed by atoms with van der Waals surface area (Å²) in [7, 11) is -4.00. The van der Waals surface area contributed by atoms with Crippen molar-refractivity contribution in [3.8, 4) is 0 Å². The number of unbranched alkanes of at least 4 members (excludes halogenated alkanes) is 1. The first-order valence-corrected chi connectivity index (χ1v) is 13.6. The number of aliphatic imine (C=N–C) groups is 1. The Morgan fingerprint density at radius 2 is 1.91 bits per heavy atom. The van der Waals surface area contributed by atoms with Gasteiger partial charge in [-0.15, -0.1) is 4.33 Å². The minimum absolute atomic E-state index is 0.264. The Hall–Kier alpha value is -2.47. The van der Waals surface area contributed by atoms with Crippen LogP contribution in [0.1, 0.15) is 38.7 Å². The fraction of sp³-hybridized carbons (Fsp3) is 0.320. The topological polar surface area (TPSA) is 109 Å². The quantitative estimate of drug-likeness (QED) is 0.0865. The third-order valence-electron chi connectivity index (χ3n) is 5.95. The van der Waals surface area contributed by atoms with E-state index in [1.165, 1.54) is 0 Å². The summed E-state index contributed by atoms with van der Waals surface area (Å²) in [6.07, 6.45) is 9.28. The standard InChI is InChI=1S/C25H30N2O6S2/c1-3-27-23-15-14-21(34-33-32-28)19-22(23)25(2,16-8-10-18-35(29,30)31)24(27)13-7-9-17-26-20-11-5-4-6-12-20/h4-7,9,11-15,17,19,28H,3,8,10,16,18H2,1-2H3,(H,29,30,31). The summed E-state index contributed by atoms with van der Waals surface area (Å²) in [6.45, 7) is 4.95. The number of hydrogen-bond acceptors (Lipinski definition) is 8. The SMILES string of the molecule is CCN1C(=CC=CC=Nc2ccccc2)C(C)(CCCCS(=O)(=O)O)c2cc(SOOO)ccc21. The highest BCUT2D eigenvalue weighted by molar-refractivity contribution is 7.94. The van der Waals surface area contributed by atoms with Gasteiger partial charge >= 0.3 is 0 Å². The predicted molar refractivity (Wildman–Crippen MR) is 140 cm³/mol. The molecule has 1 aliphatic rings. The molecule has 35 heavy (non-hydrogen) atoms. The second-order valence-corrected chi connectivity index (χ2v) is 10.6. The van der Waals surface area contributed by atoms with Gasteiger partial charge in [0.05, 0.1) is 23.5 Å². The van der Waals surface area contributed by atoms with E-state index in [9.17, 15) is 8.42 Å². The molecule has 10 heteroatoms. The van der Waals surface area contributed by atoms with Crippen LogP contribution in [0.5, 0.6) is 0 Å². The molecule has 0 aromatic heterocycles. The van der Waals surface area contributed by atoms with Crippen molar-refractivity contribution in [1.82, 2.24) is 0 Å². The smallest absolute Gasteiger partial charge is 0.264 e. The lowest BCUT2D eigenvalue weighted by Crippen LogP contribution is -2.28. The van der Waals surface area contributed by atoms with Crippen molar-refractivity contribution < 1.29 is 27.6 Å². The first-order chi connectivity index (χ1) is 16.8. The molecule has 0 amide bonds. The minimum Gasteiger partial charge on any atom is -0.344 e. The lowest BCUT2D eigenvalue weighted by molar-refractivity contribution is -0.432. The van der Waals surface area contributed by atoms with Crippen LogP contribution in [0.3, 0.4) is 0 Å². The summed E-state index contributed by atoms with van der Waals surface area (Å²) in [5.74, 6) is -0.264. The van der Waals surface area contributed by atoms with Crippen molar-refractivity contribution in [2.45, 2.75) is 43.4 Å². The third kappa shape index (κ3) is 7.26. The van der Waals surface area contributed by atoms with E-state index in [0.29, 0.717) is 19.3 Å². The largest absolute Gasteiger partial charge is 0.344 e. The summed E-state index contributed by atoms with van der Waals surface area (Å²) in [5, 5.41) is 12.3. The van der Waals surface area contributed by atoms with Crippen LogP contribution in [-0.4, -0.2) is 36.7 Å². The Morgan fingerprint density at radius 3 is 2.60 bits per heavy atom. The van der Waals surface area contributed by atoms with E-state index in [1.54, 1.807) is 6.21 Å². The Morgan fingerprint density at radius 1 is 1.14 bits per heavy atom. The molecule has 0 saturated heterocycles. The van der Waals surface area contributed by atoms with Gasteiger partial charge in [-0.05, 0) is 74.7 Å². The van der Waals surface area contributed by atoms with E-state index in [2.05, 4.69) is 39.2 Å². The molecule has 0 bridgehead atoms. The van der Waals surface area contributed by atoms with E-state index >= 15 is 0 Å². The van der Waals surface area contributed by atoms with Gasteiger partial charge in [-0.1, -0.05) is 35.7 Å². The van der Waals surface area contributed by atoms with Gasteiger partial charge in [0.25, 0.3) is 10.1 Å². The summed E-state index contributed by atoms with van der Waals surface area (Å²) in [4.78, 5) is 7.41. The maximum Gasteiger partial charge on any atom is 0.264 e. The first-order valence-electron chi connectivity index (χ1n) is 11.3. The zero-order chi connectivity index (χ0) is 25.3. The van der Waals surface area contributed by atoms with Crippen LogP contribution in [-0.2, 0) is 24.9 Å². The van der Waals surface area contributed by atoms with Crippen LogP contribution in [0.2, 0.25) is 0 Å². The van der Waals surface area contributed by atoms with E-state index in [1.807, 2.05) is 60.7 Å². The van der Waals surface area contributed by atoms with Crippen molar-refractivity contribution in [2.75, 3.05) is 17.2 Å². The Balaban J connectivity index is 1.90. The van der Waals surface area contributed by atoms with Crippen molar-refractivity contribution in [3.63, 3.8) is 0 Å². The number of nitrogens with zero attached hydrogens (tertiary/aromatic N) is 2. The van der Waals surface area contributed by atoms with Crippen LogP contribution < -0.4 is 4.90 Å². The number of rotatable bonds is 12. The van der Waals surface area contributed by atoms with Crippen LogP contribution in [0.25, 0.3) is 0 Å². The molecule has 1 aliphatic heterocycles. The normalized spacial score (nSPS) is 19.3. The molecule has 2 aromatic carbocycles. The molecule has 1 heterocycles. The highest BCUT2D eigenvalue weighted by Gasteiger charge is 2.42. The van der Waals surface area contributed by atoms with E-state index in [0.717, 1.165) is 46.1 Å². The number of likely N-dealkylation sites (N-methyl/N-ethyl adjacent to an activating group) is 1. The molecule has 2 aromatic rings. The van der Waals surface area contributed by atoms with E-state index in [-0.39, 0.29) is 5.75 Å². The van der Waals surface area contributed by atoms with Crippen molar-refractivity contribution in [2.24, 2.45) is 4.99 Å². The summed E-state index contributed by atoms with van der Waals surface area (Å²) >= 11 is 0.897. The number of benzene rings is 2. The Bertz CT molecular complexity index is 1180. The second kappa shape index (κ2) is 12.5. The zero-order valence-electron chi connectivity index (χ0n) is 19.7. The molecule has 8 nitrogen and oxygen atoms in total. The molecule has 0 radical (unpaired) electrons. The summed E-state index contributed by atoms with van der Waals surface area (Å²) in [5.41, 5.74) is 3.65. The lowest BCUT2D eigenvalue weighted by Gasteiger charge is -2.30. The van der Waals surface area contributed by atoms with Gasteiger partial charge < -0.3 is 4.90 Å². The fourth-order valence-corrected chi connectivity index (χ4v) is 5.31. The van der Waals surface area contributed by atoms with Gasteiger partial charge in [0.2, 0.25) is 0 Å². The molecule has 0 saturated carbocycles. The molecular weight excluding hydrogens is 488 g/mol. The molecule has 3 rings (SSSR count). The molecule has 0 aliphatic carbocycles. The highest BCUT2D eigenvalue weighted by Crippen LogP contribution is 2.51. The second-order valence-electron chi connectivity index (χ2n) is 8.27. The summed E-state index contributed by atoms with van der Waals surface area (Å²) < 4.78 is 36.1. The molecule has 0 spiro atoms. The number of allylic oxidation sites excluding steroid dienone is 4. The van der Waals surface area contributed by atoms with Gasteiger partial charge in [0.15, 0.2) is 0 Å². The average Bonchev–Trinajstić information content (AvgIpc) is 3.07. The van der Waals surface area contributed by atoms with Crippen LogP contribution >= 0.6 is 12.0 Å². The van der Waals surface area contributed by atoms with E-state index in [4.69, 9.17) is 9.81 Å². The zero-order valence-corrected chi connectivity index (χ0v) is 21.3. The van der Waals surface area contributed by atoms with Crippen molar-refractivity contribution in [3.05, 3.63) is 78.0 Å². The molecule has 1 atom stereocenters. The molecule has 2 N–H and O–H groups in total. The monoisotopic (exact) mass is 518 g/mol. The molecular formula is C25H30N2O6S2. The first kappa shape index (κ1) is 27.1. The number of para-hydroxylation sites is 1. The number of hydrogen-bond donors (Lipinski definition) is 2. The highest BCUT2D eigenvalue weighted by atomic mass is 32.2. The Labute approximate surface area is 210 Å². The molecule has 0 fully saturated rings. The molecule has 1 unspecified atom stereocenters. The Kier molecular flexibility index (Phi) is 9.67. The third-order valence-corrected chi connectivity index (χ3v) is 7.33. The maximum absolute atomic E-state index is 11.2. The fourth-order valence-electron chi connectivity index (χ4n) is 4.34. The average molecular weight is 519 g/mol. The van der Waals surface area contributed by atoms with Gasteiger partial charge in [0.1, 0.15) is 0 Å². The van der Waals surface area contributed by atoms with Crippen LogP contribution in [0.15, 0.2) is 82.3 Å². The lowest BCUT2D eigenvalue weighted by atomic mass is 9.77. The van der Waals surface area contributed by atoms with Crippen molar-refractivity contribution in [1.29, 1.82) is 0 Å². The van der Waals surface area contributed by atoms with Crippen molar-refractivity contribution >= 4 is 39.8 Å². The predicted octanol–water partition coefficient (Wildman–Crippen LogP) is 6.11. The van der Waals surface area contributed by atoms with Gasteiger partial charge in [-0.25, -0.2) is 5.26 Å². The van der Waals surface area contributed by atoms with Gasteiger partial charge in [-0.2, -0.15) is 8.42 Å². The van der Waals surface area contributed by atoms with E-state index < -0.39 is 15.5 Å². The minimum atomic E-state index is -4.00. The molecule has 188 valence electrons. The van der Waals surface area contributed by atoms with Crippen LogP contribution in [0.4, 0.5) is 11.4 Å². The maximum atomic E-state index is 11.2.